The molecule has 1 heteroatoms. The normalized spacial score (nSPS) is 9.60. The summed E-state index contributed by atoms with van der Waals surface area (Å²) in [6.45, 7) is 2.29. The fourth-order valence-corrected chi connectivity index (χ4v) is 0. The quantitative estimate of drug-likeness (QED) is 0.634. The van der Waals surface area contributed by atoms with Crippen LogP contribution in [0.15, 0.2) is 0 Å². The molecule has 0 aliphatic rings. The van der Waals surface area contributed by atoms with Crippen LogP contribution in [0, 0.1) is 0 Å². The molecule has 0 saturated heterocycles. The SMILES string of the molecule is C[CH2][Pb]([CH3])[CH3]. The predicted molar refractivity (Wildman–Crippen MR) is 28.0 cm³/mol. The second kappa shape index (κ2) is 3.13. The van der Waals surface area contributed by atoms with E-state index in [1.165, 1.54) is 3.98 Å². The Hall–Kier alpha value is 0.922. The molecule has 0 heterocycles. The van der Waals surface area contributed by atoms with E-state index in [0.717, 1.165) is 0 Å². The van der Waals surface area contributed by atoms with Gasteiger partial charge in [0.2, 0.25) is 0 Å². The van der Waals surface area contributed by atoms with E-state index in [1.807, 2.05) is 0 Å². The van der Waals surface area contributed by atoms with E-state index < -0.39 is 22.7 Å². The molecule has 0 rings (SSSR count). The van der Waals surface area contributed by atoms with Gasteiger partial charge in [-0.3, -0.25) is 0 Å². The zero-order chi connectivity index (χ0) is 4.28. The second-order valence-corrected chi connectivity index (χ2v) is 13.7. The summed E-state index contributed by atoms with van der Waals surface area (Å²) in [5.74, 6) is 0. The molecule has 0 amide bonds. The minimum absolute atomic E-state index is 0.701. The Labute approximate surface area is 42.7 Å². The maximum atomic E-state index is 2.44. The van der Waals surface area contributed by atoms with Crippen LogP contribution >= 0.6 is 0 Å². The van der Waals surface area contributed by atoms with Crippen LogP contribution in [0.3, 0.4) is 0 Å². The molecule has 0 aliphatic heterocycles. The summed E-state index contributed by atoms with van der Waals surface area (Å²) < 4.78 is 6.39. The molecule has 0 N–H and O–H groups in total. The predicted octanol–water partition coefficient (Wildman–Crippen LogP) is 1.76. The summed E-state index contributed by atoms with van der Waals surface area (Å²) in [6, 6.07) is 0. The van der Waals surface area contributed by atoms with Crippen molar-refractivity contribution >= 4 is 22.7 Å². The van der Waals surface area contributed by atoms with Gasteiger partial charge in [-0.15, -0.1) is 0 Å². The van der Waals surface area contributed by atoms with Gasteiger partial charge >= 0.3 is 42.6 Å². The van der Waals surface area contributed by atoms with Gasteiger partial charge in [-0.1, -0.05) is 0 Å². The van der Waals surface area contributed by atoms with Crippen LogP contribution in [0.1, 0.15) is 6.92 Å². The van der Waals surface area contributed by atoms with Crippen molar-refractivity contribution in [1.29, 1.82) is 0 Å². The Kier molecular flexibility index (Phi) is 3.70. The molecular weight excluding hydrogens is 255 g/mol. The number of hydrogen-bond donors (Lipinski definition) is 0. The molecule has 0 aliphatic carbocycles. The first kappa shape index (κ1) is 5.92. The summed E-state index contributed by atoms with van der Waals surface area (Å²) in [6.07, 6.45) is 0. The monoisotopic (exact) mass is 267 g/mol. The van der Waals surface area contributed by atoms with Gasteiger partial charge in [0.05, 0.1) is 0 Å². The summed E-state index contributed by atoms with van der Waals surface area (Å²) in [4.78, 5) is 0. The van der Waals surface area contributed by atoms with E-state index in [0.29, 0.717) is 0 Å². The first-order chi connectivity index (χ1) is 2.27. The first-order valence-electron chi connectivity index (χ1n) is 2.06. The Morgan fingerprint density at radius 1 is 1.40 bits per heavy atom. The summed E-state index contributed by atoms with van der Waals surface area (Å²) >= 11 is -0.701. The van der Waals surface area contributed by atoms with Crippen molar-refractivity contribution in [2.24, 2.45) is 0 Å². The number of rotatable bonds is 1. The van der Waals surface area contributed by atoms with Gasteiger partial charge in [0, 0.05) is 0 Å². The van der Waals surface area contributed by atoms with E-state index in [4.69, 9.17) is 0 Å². The molecule has 0 fully saturated rings. The van der Waals surface area contributed by atoms with Gasteiger partial charge in [-0.2, -0.15) is 0 Å². The molecule has 1 radical (unpaired) electrons. The molecular formula is C4H11Pb. The van der Waals surface area contributed by atoms with Crippen LogP contribution in [0.25, 0.3) is 0 Å². The maximum absolute atomic E-state index is 2.44. The molecule has 0 nitrogen and oxygen atoms in total. The van der Waals surface area contributed by atoms with Crippen LogP contribution in [-0.4, -0.2) is 22.7 Å². The Balaban J connectivity index is 2.54. The Morgan fingerprint density at radius 2 is 1.60 bits per heavy atom. The van der Waals surface area contributed by atoms with E-state index in [2.05, 4.69) is 15.9 Å². The van der Waals surface area contributed by atoms with Crippen molar-refractivity contribution in [3.63, 3.8) is 0 Å². The fourth-order valence-electron chi connectivity index (χ4n) is 0. The first-order valence-corrected chi connectivity index (χ1v) is 12.6. The van der Waals surface area contributed by atoms with Crippen molar-refractivity contribution in [1.82, 2.24) is 0 Å². The van der Waals surface area contributed by atoms with Gasteiger partial charge in [0.25, 0.3) is 0 Å². The fraction of sp³-hybridized carbons (Fsp3) is 1.00. The van der Waals surface area contributed by atoms with E-state index >= 15 is 0 Å². The van der Waals surface area contributed by atoms with Crippen molar-refractivity contribution < 1.29 is 0 Å². The minimum atomic E-state index is -0.701. The third-order valence-electron chi connectivity index (χ3n) is 0.707. The molecule has 0 atom stereocenters. The second-order valence-electron chi connectivity index (χ2n) is 1.56. The topological polar surface area (TPSA) is 0 Å². The number of hydrogen-bond acceptors (Lipinski definition) is 0. The molecule has 0 aromatic heterocycles. The summed E-state index contributed by atoms with van der Waals surface area (Å²) in [5, 5.41) is 0. The Morgan fingerprint density at radius 3 is 1.60 bits per heavy atom. The van der Waals surface area contributed by atoms with Crippen molar-refractivity contribution in [3.8, 4) is 0 Å². The molecule has 0 aromatic rings. The standard InChI is InChI=1S/C2H5.2CH3.Pb/c1-2;;;/h1H2,2H3;2*1H3;. The van der Waals surface area contributed by atoms with Gasteiger partial charge in [0.1, 0.15) is 0 Å². The van der Waals surface area contributed by atoms with E-state index in [-0.39, 0.29) is 0 Å². The molecule has 0 bridgehead atoms. The van der Waals surface area contributed by atoms with Crippen molar-refractivity contribution in [2.45, 2.75) is 19.9 Å². The third-order valence-corrected chi connectivity index (χ3v) is 6.20. The Bertz CT molecular complexity index is 17.6. The van der Waals surface area contributed by atoms with Crippen LogP contribution in [0.4, 0.5) is 0 Å². The van der Waals surface area contributed by atoms with E-state index in [1.54, 1.807) is 0 Å². The van der Waals surface area contributed by atoms with Gasteiger partial charge in [-0.05, 0) is 0 Å². The zero-order valence-corrected chi connectivity index (χ0v) is 8.09. The van der Waals surface area contributed by atoms with E-state index in [9.17, 15) is 0 Å². The molecule has 0 spiro atoms. The molecule has 5 heavy (non-hydrogen) atoms. The third kappa shape index (κ3) is 4.92. The average molecular weight is 266 g/mol. The van der Waals surface area contributed by atoms with Crippen LogP contribution in [0.5, 0.6) is 0 Å². The van der Waals surface area contributed by atoms with Crippen molar-refractivity contribution in [2.75, 3.05) is 0 Å². The average Bonchev–Trinajstić information content (AvgIpc) is 1.38. The molecule has 31 valence electrons. The van der Waals surface area contributed by atoms with Crippen LogP contribution < -0.4 is 0 Å². The van der Waals surface area contributed by atoms with Gasteiger partial charge in [0.15, 0.2) is 0 Å². The summed E-state index contributed by atoms with van der Waals surface area (Å²) in [5.41, 5.74) is 0. The van der Waals surface area contributed by atoms with Gasteiger partial charge < -0.3 is 0 Å². The zero-order valence-electron chi connectivity index (χ0n) is 4.21. The van der Waals surface area contributed by atoms with Crippen LogP contribution in [-0.2, 0) is 0 Å². The molecule has 0 saturated carbocycles. The van der Waals surface area contributed by atoms with Crippen LogP contribution in [0.2, 0.25) is 12.9 Å². The van der Waals surface area contributed by atoms with Gasteiger partial charge in [-0.25, -0.2) is 0 Å². The molecule has 0 aromatic carbocycles. The molecule has 0 unspecified atom stereocenters. The van der Waals surface area contributed by atoms with Crippen molar-refractivity contribution in [3.05, 3.63) is 0 Å². The summed E-state index contributed by atoms with van der Waals surface area (Å²) in [7, 11) is 0.